The van der Waals surface area contributed by atoms with Crippen LogP contribution in [0.3, 0.4) is 0 Å². The third kappa shape index (κ3) is 6.53. The number of hydrogen-bond acceptors (Lipinski definition) is 6. The van der Waals surface area contributed by atoms with Gasteiger partial charge in [0.2, 0.25) is 5.79 Å². The van der Waals surface area contributed by atoms with Crippen molar-refractivity contribution in [1.82, 2.24) is 0 Å². The summed E-state index contributed by atoms with van der Waals surface area (Å²) in [6.07, 6.45) is 4.96. The first-order valence-corrected chi connectivity index (χ1v) is 14.0. The van der Waals surface area contributed by atoms with E-state index in [0.29, 0.717) is 12.2 Å². The highest BCUT2D eigenvalue weighted by atomic mass is 28.4. The van der Waals surface area contributed by atoms with E-state index < -0.39 is 26.2 Å². The monoisotopic (exact) mass is 508 g/mol. The van der Waals surface area contributed by atoms with Crippen LogP contribution in [-0.4, -0.2) is 39.3 Å². The molecule has 0 aliphatic carbocycles. The van der Waals surface area contributed by atoms with Crippen LogP contribution in [0.1, 0.15) is 47.5 Å². The Morgan fingerprint density at radius 1 is 1.00 bits per heavy atom. The largest absolute Gasteiger partial charge is 0.469 e. The van der Waals surface area contributed by atoms with E-state index in [-0.39, 0.29) is 17.4 Å². The highest BCUT2D eigenvalue weighted by molar-refractivity contribution is 6.99. The van der Waals surface area contributed by atoms with Gasteiger partial charge in [-0.2, -0.15) is 0 Å². The molecule has 3 rings (SSSR count). The smallest absolute Gasteiger partial charge is 0.337 e. The summed E-state index contributed by atoms with van der Waals surface area (Å²) in [6, 6.07) is 20.6. The Kier molecular flexibility index (Phi) is 8.58. The molecule has 2 aromatic carbocycles. The van der Waals surface area contributed by atoms with Crippen molar-refractivity contribution in [2.45, 2.75) is 64.4 Å². The van der Waals surface area contributed by atoms with E-state index in [4.69, 9.17) is 18.6 Å². The molecule has 7 heteroatoms. The van der Waals surface area contributed by atoms with Crippen molar-refractivity contribution >= 4 is 30.6 Å². The Bertz CT molecular complexity index is 1060. The van der Waals surface area contributed by atoms with Gasteiger partial charge in [0.15, 0.2) is 0 Å². The van der Waals surface area contributed by atoms with E-state index in [1.54, 1.807) is 19.9 Å². The number of hydrogen-bond donors (Lipinski definition) is 0. The highest BCUT2D eigenvalue weighted by Crippen LogP contribution is 2.38. The van der Waals surface area contributed by atoms with Crippen molar-refractivity contribution in [3.05, 3.63) is 84.7 Å². The van der Waals surface area contributed by atoms with E-state index in [9.17, 15) is 9.59 Å². The Morgan fingerprint density at radius 3 is 2.03 bits per heavy atom. The second kappa shape index (κ2) is 11.3. The van der Waals surface area contributed by atoms with Gasteiger partial charge in [-0.05, 0) is 27.9 Å². The van der Waals surface area contributed by atoms with Gasteiger partial charge in [-0.15, -0.1) is 0 Å². The molecule has 36 heavy (non-hydrogen) atoms. The second-order valence-electron chi connectivity index (χ2n) is 10.3. The molecule has 6 nitrogen and oxygen atoms in total. The van der Waals surface area contributed by atoms with Crippen LogP contribution in [0.25, 0.3) is 0 Å². The van der Waals surface area contributed by atoms with Gasteiger partial charge in [-0.3, -0.25) is 4.79 Å². The van der Waals surface area contributed by atoms with E-state index in [0.717, 1.165) is 10.4 Å². The number of methoxy groups -OCH3 is 1. The predicted molar refractivity (Wildman–Crippen MR) is 142 cm³/mol. The Labute approximate surface area is 215 Å². The van der Waals surface area contributed by atoms with Crippen LogP contribution in [0.15, 0.2) is 84.7 Å². The summed E-state index contributed by atoms with van der Waals surface area (Å²) in [5.41, 5.74) is 0. The standard InChI is InChI=1S/C29H36O6Si/c1-28(2,3)36(24-16-9-7-10-17-24,25-18-11-8-12-19-25)35-23(21-26(30)32-6)15-13-14-22-20-27(31)34-29(4,5)33-22/h7-14,16-20,23H,15,21H2,1-6H3/b14-13+/t23-/m0/s1. The second-order valence-corrected chi connectivity index (χ2v) is 14.5. The maximum Gasteiger partial charge on any atom is 0.337 e. The van der Waals surface area contributed by atoms with Gasteiger partial charge in [0.25, 0.3) is 8.32 Å². The maximum absolute atomic E-state index is 12.4. The summed E-state index contributed by atoms with van der Waals surface area (Å²) in [5, 5.41) is 2.02. The fraction of sp³-hybridized carbons (Fsp3) is 0.379. The lowest BCUT2D eigenvalue weighted by molar-refractivity contribution is -0.203. The molecule has 0 saturated carbocycles. The zero-order valence-electron chi connectivity index (χ0n) is 21.9. The number of ether oxygens (including phenoxy) is 3. The molecular weight excluding hydrogens is 472 g/mol. The zero-order valence-corrected chi connectivity index (χ0v) is 22.9. The average molecular weight is 509 g/mol. The van der Waals surface area contributed by atoms with E-state index in [2.05, 4.69) is 45.0 Å². The summed E-state index contributed by atoms with van der Waals surface area (Å²) in [7, 11) is -1.50. The van der Waals surface area contributed by atoms with Gasteiger partial charge in [0.1, 0.15) is 5.76 Å². The fourth-order valence-electron chi connectivity index (χ4n) is 4.52. The van der Waals surface area contributed by atoms with Crippen molar-refractivity contribution in [3.63, 3.8) is 0 Å². The molecule has 1 aliphatic heterocycles. The average Bonchev–Trinajstić information content (AvgIpc) is 2.81. The Morgan fingerprint density at radius 2 is 1.56 bits per heavy atom. The van der Waals surface area contributed by atoms with Gasteiger partial charge in [0.05, 0.1) is 25.7 Å². The molecule has 0 fully saturated rings. The van der Waals surface area contributed by atoms with Gasteiger partial charge in [0, 0.05) is 13.8 Å². The quantitative estimate of drug-likeness (QED) is 0.363. The van der Waals surface area contributed by atoms with Crippen LogP contribution in [0.4, 0.5) is 0 Å². The van der Waals surface area contributed by atoms with Crippen molar-refractivity contribution in [2.24, 2.45) is 0 Å². The van der Waals surface area contributed by atoms with Gasteiger partial charge < -0.3 is 18.6 Å². The van der Waals surface area contributed by atoms with Gasteiger partial charge in [-0.1, -0.05) is 87.5 Å². The first-order chi connectivity index (χ1) is 17.0. The highest BCUT2D eigenvalue weighted by Gasteiger charge is 2.51. The normalized spacial score (nSPS) is 16.6. The maximum atomic E-state index is 12.4. The summed E-state index contributed by atoms with van der Waals surface area (Å²) >= 11 is 0. The zero-order chi connectivity index (χ0) is 26.4. The van der Waals surface area contributed by atoms with Gasteiger partial charge in [-0.25, -0.2) is 4.79 Å². The number of esters is 2. The lowest BCUT2D eigenvalue weighted by atomic mass is 10.1. The molecule has 0 spiro atoms. The lowest BCUT2D eigenvalue weighted by Crippen LogP contribution is -2.67. The summed E-state index contributed by atoms with van der Waals surface area (Å²) in [6.45, 7) is 9.94. The molecule has 1 aliphatic rings. The molecule has 0 radical (unpaired) electrons. The number of cyclic esters (lactones) is 1. The van der Waals surface area contributed by atoms with Crippen molar-refractivity contribution in [3.8, 4) is 0 Å². The first kappa shape index (κ1) is 27.4. The van der Waals surface area contributed by atoms with E-state index in [1.807, 2.05) is 42.5 Å². The molecule has 1 atom stereocenters. The fourth-order valence-corrected chi connectivity index (χ4v) is 9.22. The molecule has 2 aromatic rings. The molecule has 0 unspecified atom stereocenters. The van der Waals surface area contributed by atoms with Crippen molar-refractivity contribution in [1.29, 1.82) is 0 Å². The molecule has 0 saturated heterocycles. The number of carbonyl (C=O) groups is 2. The van der Waals surface area contributed by atoms with Crippen molar-refractivity contribution in [2.75, 3.05) is 7.11 Å². The third-order valence-corrected chi connectivity index (χ3v) is 11.1. The van der Waals surface area contributed by atoms with E-state index >= 15 is 0 Å². The SMILES string of the molecule is COC(=O)C[C@H](C/C=C/C1=CC(=O)OC(C)(C)O1)O[Si](c1ccccc1)(c1ccccc1)C(C)(C)C. The Balaban J connectivity index is 2.01. The molecule has 0 bridgehead atoms. The molecule has 0 aromatic heterocycles. The number of allylic oxidation sites excluding steroid dienone is 1. The van der Waals surface area contributed by atoms with Crippen LogP contribution in [0.2, 0.25) is 5.04 Å². The van der Waals surface area contributed by atoms with Crippen LogP contribution in [0.5, 0.6) is 0 Å². The first-order valence-electron chi connectivity index (χ1n) is 12.1. The van der Waals surface area contributed by atoms with Crippen LogP contribution < -0.4 is 10.4 Å². The van der Waals surface area contributed by atoms with E-state index in [1.165, 1.54) is 13.2 Å². The van der Waals surface area contributed by atoms with Crippen LogP contribution in [0, 0.1) is 0 Å². The Hall–Kier alpha value is -3.16. The van der Waals surface area contributed by atoms with Crippen LogP contribution in [-0.2, 0) is 28.2 Å². The number of carbonyl (C=O) groups excluding carboxylic acids is 2. The third-order valence-electron chi connectivity index (χ3n) is 6.03. The molecular formula is C29H36O6Si. The van der Waals surface area contributed by atoms with Gasteiger partial charge >= 0.3 is 11.9 Å². The molecule has 0 amide bonds. The number of benzene rings is 2. The molecule has 192 valence electrons. The minimum atomic E-state index is -2.88. The lowest BCUT2D eigenvalue weighted by Gasteiger charge is -2.45. The molecule has 1 heterocycles. The van der Waals surface area contributed by atoms with Crippen molar-refractivity contribution < 1.29 is 28.2 Å². The summed E-state index contributed by atoms with van der Waals surface area (Å²) in [4.78, 5) is 24.3. The minimum Gasteiger partial charge on any atom is -0.469 e. The topological polar surface area (TPSA) is 71.1 Å². The van der Waals surface area contributed by atoms with Crippen LogP contribution >= 0.6 is 0 Å². The summed E-state index contributed by atoms with van der Waals surface area (Å²) in [5.74, 6) is -1.44. The summed E-state index contributed by atoms with van der Waals surface area (Å²) < 4.78 is 23.0. The molecule has 0 N–H and O–H groups in total. The number of rotatable bonds is 9. The predicted octanol–water partition coefficient (Wildman–Crippen LogP) is 4.63. The minimum absolute atomic E-state index is 0.0960.